The van der Waals surface area contributed by atoms with Crippen molar-refractivity contribution in [2.24, 2.45) is 4.99 Å². The molecule has 28 heavy (non-hydrogen) atoms. The van der Waals surface area contributed by atoms with Crippen LogP contribution >= 0.6 is 39.9 Å². The molecule has 0 aliphatic heterocycles. The van der Waals surface area contributed by atoms with Crippen LogP contribution in [0.25, 0.3) is 0 Å². The van der Waals surface area contributed by atoms with Crippen molar-refractivity contribution in [1.29, 1.82) is 0 Å². The molecule has 2 rings (SSSR count). The van der Waals surface area contributed by atoms with Gasteiger partial charge in [-0.3, -0.25) is 9.79 Å². The molecule has 0 fully saturated rings. The Morgan fingerprint density at radius 3 is 2.25 bits per heavy atom. The molecule has 0 aliphatic rings. The fourth-order valence-corrected chi connectivity index (χ4v) is 2.75. The van der Waals surface area contributed by atoms with E-state index in [2.05, 4.69) is 43.7 Å². The van der Waals surface area contributed by atoms with Crippen molar-refractivity contribution in [3.05, 3.63) is 64.1 Å². The minimum atomic E-state index is -0.0935. The van der Waals surface area contributed by atoms with Crippen LogP contribution in [0.4, 0.5) is 0 Å². The molecule has 2 N–H and O–H groups in total. The smallest absolute Gasteiger partial charge is 0.239 e. The first kappa shape index (κ1) is 24.2. The van der Waals surface area contributed by atoms with Gasteiger partial charge in [-0.15, -0.1) is 24.0 Å². The third kappa shape index (κ3) is 8.05. The van der Waals surface area contributed by atoms with E-state index in [0.29, 0.717) is 19.0 Å². The number of methoxy groups -OCH3 is 1. The zero-order valence-corrected chi connectivity index (χ0v) is 20.2. The van der Waals surface area contributed by atoms with Crippen LogP contribution in [0.3, 0.4) is 0 Å². The molecule has 0 spiro atoms. The number of aliphatic imine (C=N–C) groups is 1. The number of halogens is 2. The summed E-state index contributed by atoms with van der Waals surface area (Å²) >= 11 is 3.43. The average molecular weight is 561 g/mol. The highest BCUT2D eigenvalue weighted by Crippen LogP contribution is 2.12. The first-order valence-electron chi connectivity index (χ1n) is 8.57. The Balaban J connectivity index is 0.00000392. The molecule has 152 valence electrons. The molecule has 0 aliphatic carbocycles. The molecule has 0 bridgehead atoms. The molecule has 0 radical (unpaired) electrons. The molecule has 2 aromatic rings. The number of nitrogens with one attached hydrogen (secondary N) is 2. The van der Waals surface area contributed by atoms with Crippen LogP contribution in [-0.4, -0.2) is 44.5 Å². The lowest BCUT2D eigenvalue weighted by Gasteiger charge is -2.22. The summed E-state index contributed by atoms with van der Waals surface area (Å²) in [4.78, 5) is 18.3. The maximum atomic E-state index is 12.1. The van der Waals surface area contributed by atoms with Gasteiger partial charge in [0.25, 0.3) is 0 Å². The fraction of sp³-hybridized carbons (Fsp3) is 0.300. The SMILES string of the molecule is CN=C(NCC(=O)NCc1ccc(OC)cc1)N(C)Cc1ccc(Br)cc1.I. The van der Waals surface area contributed by atoms with Crippen LogP contribution in [0, 0.1) is 0 Å². The number of benzene rings is 2. The average Bonchev–Trinajstić information content (AvgIpc) is 2.69. The van der Waals surface area contributed by atoms with E-state index in [1.807, 2.05) is 48.3 Å². The fourth-order valence-electron chi connectivity index (χ4n) is 2.49. The predicted octanol–water partition coefficient (Wildman–Crippen LogP) is 3.40. The van der Waals surface area contributed by atoms with Gasteiger partial charge < -0.3 is 20.3 Å². The Hall–Kier alpha value is -1.81. The second-order valence-corrected chi connectivity index (χ2v) is 6.92. The normalized spacial score (nSPS) is 10.6. The highest BCUT2D eigenvalue weighted by Gasteiger charge is 2.09. The summed E-state index contributed by atoms with van der Waals surface area (Å²) in [6.45, 7) is 1.33. The first-order chi connectivity index (χ1) is 13.0. The summed E-state index contributed by atoms with van der Waals surface area (Å²) in [7, 11) is 5.27. The number of hydrogen-bond donors (Lipinski definition) is 2. The zero-order chi connectivity index (χ0) is 19.6. The van der Waals surface area contributed by atoms with Crippen LogP contribution in [0.2, 0.25) is 0 Å². The number of hydrogen-bond acceptors (Lipinski definition) is 3. The van der Waals surface area contributed by atoms with E-state index in [1.54, 1.807) is 14.2 Å². The van der Waals surface area contributed by atoms with E-state index >= 15 is 0 Å². The molecule has 0 heterocycles. The highest BCUT2D eigenvalue weighted by atomic mass is 127. The van der Waals surface area contributed by atoms with Gasteiger partial charge in [-0.1, -0.05) is 40.2 Å². The van der Waals surface area contributed by atoms with E-state index in [9.17, 15) is 4.79 Å². The second kappa shape index (κ2) is 12.6. The summed E-state index contributed by atoms with van der Waals surface area (Å²) in [6.07, 6.45) is 0. The molecular weight excluding hydrogens is 535 g/mol. The third-order valence-electron chi connectivity index (χ3n) is 3.96. The van der Waals surface area contributed by atoms with Gasteiger partial charge >= 0.3 is 0 Å². The van der Waals surface area contributed by atoms with Crippen LogP contribution in [0.1, 0.15) is 11.1 Å². The topological polar surface area (TPSA) is 66.0 Å². The Bertz CT molecular complexity index is 767. The lowest BCUT2D eigenvalue weighted by molar-refractivity contribution is -0.120. The van der Waals surface area contributed by atoms with E-state index in [4.69, 9.17) is 4.74 Å². The van der Waals surface area contributed by atoms with Crippen molar-refractivity contribution in [3.63, 3.8) is 0 Å². The number of guanidine groups is 1. The quantitative estimate of drug-likeness (QED) is 0.309. The van der Waals surface area contributed by atoms with Gasteiger partial charge in [0.2, 0.25) is 5.91 Å². The van der Waals surface area contributed by atoms with E-state index in [0.717, 1.165) is 21.3 Å². The molecule has 8 heteroatoms. The Kier molecular flexibility index (Phi) is 10.9. The van der Waals surface area contributed by atoms with Crippen LogP contribution in [-0.2, 0) is 17.9 Å². The minimum Gasteiger partial charge on any atom is -0.497 e. The van der Waals surface area contributed by atoms with Crippen molar-refractivity contribution < 1.29 is 9.53 Å². The Morgan fingerprint density at radius 1 is 1.07 bits per heavy atom. The van der Waals surface area contributed by atoms with Crippen molar-refractivity contribution >= 4 is 51.8 Å². The van der Waals surface area contributed by atoms with Crippen LogP contribution < -0.4 is 15.4 Å². The van der Waals surface area contributed by atoms with E-state index in [1.165, 1.54) is 0 Å². The van der Waals surface area contributed by atoms with E-state index < -0.39 is 0 Å². The molecule has 2 aromatic carbocycles. The van der Waals surface area contributed by atoms with Crippen LogP contribution in [0.5, 0.6) is 5.75 Å². The number of amides is 1. The number of nitrogens with zero attached hydrogens (tertiary/aromatic N) is 2. The third-order valence-corrected chi connectivity index (χ3v) is 4.49. The summed E-state index contributed by atoms with van der Waals surface area (Å²) in [5.41, 5.74) is 2.17. The van der Waals surface area contributed by atoms with Gasteiger partial charge in [0.05, 0.1) is 13.7 Å². The largest absolute Gasteiger partial charge is 0.497 e. The maximum absolute atomic E-state index is 12.1. The summed E-state index contributed by atoms with van der Waals surface area (Å²) in [6, 6.07) is 15.7. The summed E-state index contributed by atoms with van der Waals surface area (Å²) < 4.78 is 6.17. The van der Waals surface area contributed by atoms with Gasteiger partial charge in [0.15, 0.2) is 5.96 Å². The highest BCUT2D eigenvalue weighted by molar-refractivity contribution is 14.0. The monoisotopic (exact) mass is 560 g/mol. The molecule has 0 atom stereocenters. The predicted molar refractivity (Wildman–Crippen MR) is 127 cm³/mol. The molecular formula is C20H26BrIN4O2. The number of rotatable bonds is 7. The lowest BCUT2D eigenvalue weighted by atomic mass is 10.2. The van der Waals surface area contributed by atoms with Crippen molar-refractivity contribution in [2.75, 3.05) is 27.7 Å². The van der Waals surface area contributed by atoms with Crippen LogP contribution in [0.15, 0.2) is 58.0 Å². The second-order valence-electron chi connectivity index (χ2n) is 6.01. The molecule has 0 unspecified atom stereocenters. The lowest BCUT2D eigenvalue weighted by Crippen LogP contribution is -2.43. The summed E-state index contributed by atoms with van der Waals surface area (Å²) in [5, 5.41) is 5.98. The Morgan fingerprint density at radius 2 is 1.68 bits per heavy atom. The number of ether oxygens (including phenoxy) is 1. The molecule has 0 saturated heterocycles. The zero-order valence-electron chi connectivity index (χ0n) is 16.2. The standard InChI is InChI=1S/C20H25BrN4O2.HI/c1-22-20(25(2)14-16-4-8-17(21)9-5-16)24-13-19(26)23-12-15-6-10-18(27-3)11-7-15;/h4-11H,12-14H2,1-3H3,(H,22,24)(H,23,26);1H. The molecule has 0 saturated carbocycles. The molecule has 1 amide bonds. The van der Waals surface area contributed by atoms with Gasteiger partial charge in [-0.25, -0.2) is 0 Å². The van der Waals surface area contributed by atoms with Gasteiger partial charge in [-0.2, -0.15) is 0 Å². The number of carbonyl (C=O) groups is 1. The molecule has 0 aromatic heterocycles. The first-order valence-corrected chi connectivity index (χ1v) is 9.37. The van der Waals surface area contributed by atoms with E-state index in [-0.39, 0.29) is 36.4 Å². The van der Waals surface area contributed by atoms with Crippen molar-refractivity contribution in [3.8, 4) is 5.75 Å². The van der Waals surface area contributed by atoms with Gasteiger partial charge in [-0.05, 0) is 35.4 Å². The minimum absolute atomic E-state index is 0. The molecule has 6 nitrogen and oxygen atoms in total. The number of carbonyl (C=O) groups excluding carboxylic acids is 1. The van der Waals surface area contributed by atoms with Crippen molar-refractivity contribution in [2.45, 2.75) is 13.1 Å². The summed E-state index contributed by atoms with van der Waals surface area (Å²) in [5.74, 6) is 1.37. The van der Waals surface area contributed by atoms with Crippen molar-refractivity contribution in [1.82, 2.24) is 15.5 Å². The van der Waals surface area contributed by atoms with Gasteiger partial charge in [0, 0.05) is 31.7 Å². The Labute approximate surface area is 191 Å². The van der Waals surface area contributed by atoms with Gasteiger partial charge in [0.1, 0.15) is 5.75 Å². The maximum Gasteiger partial charge on any atom is 0.239 e.